The summed E-state index contributed by atoms with van der Waals surface area (Å²) in [6, 6.07) is 0. The molecule has 0 fully saturated rings. The zero-order valence-corrected chi connectivity index (χ0v) is 35.3. The van der Waals surface area contributed by atoms with Crippen molar-refractivity contribution in [3.8, 4) is 0 Å². The van der Waals surface area contributed by atoms with Crippen LogP contribution in [0.15, 0.2) is 0 Å². The maximum absolute atomic E-state index is 13.8. The molecule has 0 aliphatic carbocycles. The number of carbonyl (C=O) groups excluding carboxylic acids is 2. The number of phosphoric ester groups is 1. The lowest BCUT2D eigenvalue weighted by atomic mass is 10.4. The molecule has 0 aliphatic rings. The van der Waals surface area contributed by atoms with E-state index in [1.165, 1.54) is 28.4 Å². The van der Waals surface area contributed by atoms with Crippen molar-refractivity contribution in [2.24, 2.45) is 0 Å². The van der Waals surface area contributed by atoms with E-state index in [4.69, 9.17) is 0 Å². The van der Waals surface area contributed by atoms with Crippen molar-refractivity contribution in [2.45, 2.75) is 110 Å². The van der Waals surface area contributed by atoms with Gasteiger partial charge in [0.2, 0.25) is 0 Å². The third kappa shape index (κ3) is 18.5. The Bertz CT molecular complexity index is 1990. The number of carbonyl (C=O) groups is 2. The number of amides is 2. The fourth-order valence-corrected chi connectivity index (χ4v) is 3.82. The van der Waals surface area contributed by atoms with Crippen molar-refractivity contribution in [2.75, 3.05) is 26.3 Å². The van der Waals surface area contributed by atoms with E-state index in [0.29, 0.717) is 10.6 Å². The van der Waals surface area contributed by atoms with Gasteiger partial charge in [-0.3, -0.25) is 18.6 Å². The van der Waals surface area contributed by atoms with E-state index in [1.54, 1.807) is 0 Å². The van der Waals surface area contributed by atoms with Gasteiger partial charge < -0.3 is 15.5 Å². The van der Waals surface area contributed by atoms with Gasteiger partial charge in [-0.25, -0.2) is 42.5 Å². The molecule has 2 amide bonds. The minimum absolute atomic E-state index is 0.477. The summed E-state index contributed by atoms with van der Waals surface area (Å²) in [6.07, 6.45) is -139. The lowest BCUT2D eigenvalue weighted by Gasteiger charge is -2.35. The molecule has 0 aliphatic heterocycles. The van der Waals surface area contributed by atoms with Crippen LogP contribution in [0, 0.1) is 0 Å². The van der Waals surface area contributed by atoms with Crippen LogP contribution in [-0.4, -0.2) is 153 Å². The van der Waals surface area contributed by atoms with Gasteiger partial charge in [0.1, 0.15) is 0 Å². The molecule has 0 bridgehead atoms. The van der Waals surface area contributed by atoms with Crippen LogP contribution in [0.5, 0.6) is 0 Å². The fourth-order valence-electron chi connectivity index (χ4n) is 3.10. The normalized spacial score (nSPS) is 15.9. The summed E-state index contributed by atoms with van der Waals surface area (Å²) < 4.78 is 530. The van der Waals surface area contributed by atoms with Gasteiger partial charge in [0.05, 0.1) is 13.2 Å². The zero-order valence-electron chi connectivity index (χ0n) is 34.4. The minimum atomic E-state index is -8.10. The Labute approximate surface area is 400 Å². The third-order valence-electron chi connectivity index (χ3n) is 6.56. The second-order valence-electron chi connectivity index (χ2n) is 12.7. The number of nitrogens with one attached hydrogen (secondary N) is 2. The predicted octanol–water partition coefficient (Wildman–Crippen LogP) is 10.1. The minimum Gasteiger partial charge on any atom is -0.346 e. The summed E-state index contributed by atoms with van der Waals surface area (Å²) in [5.41, 5.74) is 0. The van der Waals surface area contributed by atoms with Crippen LogP contribution in [0.25, 0.3) is 0 Å². The first-order valence-corrected chi connectivity index (χ1v) is 18.4. The number of hydrogen-bond donors (Lipinski definition) is 3. The molecule has 0 radical (unpaired) electrons. The summed E-state index contributed by atoms with van der Waals surface area (Å²) in [5, 5.41) is 0.954. The predicted molar refractivity (Wildman–Crippen MR) is 148 cm³/mol. The first-order chi connectivity index (χ1) is 33.9. The van der Waals surface area contributed by atoms with Gasteiger partial charge >= 0.3 is 130 Å². The summed E-state index contributed by atoms with van der Waals surface area (Å²) >= 11 is 0. The fraction of sp³-hybridized carbons (Fsp3) is 0.917. The van der Waals surface area contributed by atoms with E-state index < -0.39 is 156 Å². The largest absolute Gasteiger partial charge is 0.483 e. The lowest BCUT2D eigenvalue weighted by molar-refractivity contribution is -0.581. The van der Waals surface area contributed by atoms with Crippen molar-refractivity contribution in [3.05, 3.63) is 0 Å². The molecule has 55 heteroatoms. The molecule has 0 spiro atoms. The van der Waals surface area contributed by atoms with Crippen LogP contribution in [0.3, 0.4) is 0 Å². The van der Waals surface area contributed by atoms with Crippen LogP contribution >= 0.6 is 7.82 Å². The summed E-state index contributed by atoms with van der Waals surface area (Å²) in [5.74, 6) is -7.25. The van der Waals surface area contributed by atoms with Crippen LogP contribution < -0.4 is 10.6 Å². The van der Waals surface area contributed by atoms with Gasteiger partial charge in [-0.2, -0.15) is 167 Å². The van der Waals surface area contributed by atoms with Crippen LogP contribution in [0.4, 0.5) is 167 Å². The number of phosphoric acid groups is 1. The van der Waals surface area contributed by atoms with Crippen molar-refractivity contribution in [1.29, 1.82) is 0 Å². The Morgan fingerprint density at radius 3 is 0.608 bits per heavy atom. The van der Waals surface area contributed by atoms with E-state index >= 15 is 0 Å². The highest BCUT2D eigenvalue weighted by molar-refractivity contribution is 7.47. The Balaban J connectivity index is 5.60. The Hall–Kier alpha value is -3.93. The van der Waals surface area contributed by atoms with E-state index in [-0.39, 0.29) is 0 Å². The first-order valence-electron chi connectivity index (χ1n) is 16.9. The van der Waals surface area contributed by atoms with E-state index in [0.717, 1.165) is 0 Å². The number of ether oxygens (including phenoxy) is 8. The topological polar surface area (TPSA) is 188 Å². The smallest absolute Gasteiger partial charge is 0.346 e. The standard InChI is InChI=1S/C24H11F38N2O14P/c25-7(26,71-13(39,40)15(43,44)75-21(55,56)23(59,60)77-19(51,52)17(47,48)73-11(35,36)9(29,30)31)5(65)63-1-3-69-79(67,68)70-4-2-64-6(66)8(27,28)72-14(41,42)16(45,46)76-22(57,58)24(61,62)78-20(53,54)18(49,50)74-12(37,38)10(32,33)34/h1-4H2,(H,63,65)(H,64,66)(H,67,68). The van der Waals surface area contributed by atoms with Crippen molar-refractivity contribution >= 4 is 19.6 Å². The summed E-state index contributed by atoms with van der Waals surface area (Å²) in [6.45, 7) is -7.71. The molecular formula is C24H11F38N2O14P. The van der Waals surface area contributed by atoms with E-state index in [9.17, 15) is 186 Å². The highest BCUT2D eigenvalue weighted by Crippen LogP contribution is 2.55. The average molecular weight is 1300 g/mol. The molecule has 0 aromatic heterocycles. The maximum atomic E-state index is 13.8. The van der Waals surface area contributed by atoms with Crippen molar-refractivity contribution < 1.29 is 233 Å². The molecule has 0 heterocycles. The molecule has 3 N–H and O–H groups in total. The first kappa shape index (κ1) is 75.1. The van der Waals surface area contributed by atoms with Crippen molar-refractivity contribution in [3.63, 3.8) is 0 Å². The van der Waals surface area contributed by atoms with Crippen molar-refractivity contribution in [1.82, 2.24) is 10.6 Å². The Morgan fingerprint density at radius 2 is 0.443 bits per heavy atom. The van der Waals surface area contributed by atoms with Gasteiger partial charge in [0, 0.05) is 13.1 Å². The van der Waals surface area contributed by atoms with E-state index in [2.05, 4.69) is 9.05 Å². The molecule has 0 saturated carbocycles. The summed E-state index contributed by atoms with van der Waals surface area (Å²) in [7, 11) is -6.00. The number of alkyl halides is 38. The second-order valence-corrected chi connectivity index (χ2v) is 14.2. The highest BCUT2D eigenvalue weighted by Gasteiger charge is 2.81. The molecular weight excluding hydrogens is 1290 g/mol. The molecule has 0 aromatic carbocycles. The van der Waals surface area contributed by atoms with Crippen LogP contribution in [-0.2, 0) is 61.1 Å². The molecule has 16 nitrogen and oxygen atoms in total. The third-order valence-corrected chi connectivity index (χ3v) is 7.57. The quantitative estimate of drug-likeness (QED) is 0.0328. The second kappa shape index (κ2) is 22.7. The van der Waals surface area contributed by atoms with Gasteiger partial charge in [0.15, 0.2) is 0 Å². The maximum Gasteiger partial charge on any atom is 0.483 e. The zero-order chi connectivity index (χ0) is 64.0. The number of halogens is 38. The molecule has 0 atom stereocenters. The van der Waals surface area contributed by atoms with Gasteiger partial charge in [-0.05, 0) is 0 Å². The Morgan fingerprint density at radius 1 is 0.291 bits per heavy atom. The molecule has 472 valence electrons. The molecule has 0 unspecified atom stereocenters. The Kier molecular flexibility index (Phi) is 21.5. The molecule has 0 aromatic rings. The van der Waals surface area contributed by atoms with Gasteiger partial charge in [0.25, 0.3) is 0 Å². The number of rotatable bonds is 32. The molecule has 0 rings (SSSR count). The monoisotopic (exact) mass is 1300 g/mol. The van der Waals surface area contributed by atoms with Crippen LogP contribution in [0.1, 0.15) is 0 Å². The van der Waals surface area contributed by atoms with E-state index in [1.807, 2.05) is 9.47 Å². The lowest BCUT2D eigenvalue weighted by Crippen LogP contribution is -2.61. The SMILES string of the molecule is O=C(NCCOP(=O)(O)OCCNC(=O)C(F)(F)OC(F)(F)C(F)(F)OC(F)(F)C(F)(F)OC(F)(F)C(F)(F)OC(F)(F)C(F)(F)F)C(F)(F)OC(F)(F)C(F)(F)OC(F)(F)C(F)(F)OC(F)(F)C(F)(F)OC(F)(F)C(F)(F)F. The molecule has 0 saturated heterocycles. The highest BCUT2D eigenvalue weighted by atomic mass is 31.2. The molecule has 79 heavy (non-hydrogen) atoms. The number of hydrogen-bond acceptors (Lipinski definition) is 13. The summed E-state index contributed by atoms with van der Waals surface area (Å²) in [4.78, 5) is 32.1. The average Bonchev–Trinajstić information content (AvgIpc) is 3.13. The van der Waals surface area contributed by atoms with Crippen LogP contribution in [0.2, 0.25) is 0 Å². The van der Waals surface area contributed by atoms with Gasteiger partial charge in [-0.15, -0.1) is 0 Å². The van der Waals surface area contributed by atoms with Gasteiger partial charge in [-0.1, -0.05) is 0 Å².